The number of hydrogen-bond donors (Lipinski definition) is 1. The summed E-state index contributed by atoms with van der Waals surface area (Å²) >= 11 is 1.55. The molecule has 1 aliphatic rings. The smallest absolute Gasteiger partial charge is 0.259 e. The molecule has 2 aromatic carbocycles. The number of benzene rings is 2. The second-order valence-corrected chi connectivity index (χ2v) is 8.79. The van der Waals surface area contributed by atoms with E-state index in [0.29, 0.717) is 23.5 Å². The Kier molecular flexibility index (Phi) is 6.10. The third-order valence-corrected chi connectivity index (χ3v) is 6.77. The van der Waals surface area contributed by atoms with E-state index in [-0.39, 0.29) is 11.8 Å². The second-order valence-electron chi connectivity index (χ2n) is 8.01. The third-order valence-electron chi connectivity index (χ3n) is 6.07. The van der Waals surface area contributed by atoms with Crippen LogP contribution in [0.15, 0.2) is 89.9 Å². The molecule has 2 atom stereocenters. The largest absolute Gasteiger partial charge is 0.497 e. The number of aromatic nitrogens is 1. The van der Waals surface area contributed by atoms with Gasteiger partial charge in [-0.15, -0.1) is 0 Å². The maximum Gasteiger partial charge on any atom is 0.259 e. The zero-order valence-corrected chi connectivity index (χ0v) is 19.4. The lowest BCUT2D eigenvalue weighted by Gasteiger charge is -2.41. The van der Waals surface area contributed by atoms with Gasteiger partial charge in [-0.2, -0.15) is 11.3 Å². The van der Waals surface area contributed by atoms with E-state index in [4.69, 9.17) is 4.74 Å². The number of carbonyl (C=O) groups is 2. The predicted molar refractivity (Wildman–Crippen MR) is 132 cm³/mol. The van der Waals surface area contributed by atoms with Crippen LogP contribution in [0.2, 0.25) is 0 Å². The monoisotopic (exact) mass is 469 g/mol. The van der Waals surface area contributed by atoms with Crippen LogP contribution in [-0.4, -0.2) is 23.9 Å². The van der Waals surface area contributed by atoms with Crippen molar-refractivity contribution in [2.45, 2.75) is 18.5 Å². The van der Waals surface area contributed by atoms with Crippen LogP contribution >= 0.6 is 11.3 Å². The van der Waals surface area contributed by atoms with Gasteiger partial charge in [0.05, 0.1) is 19.1 Å². The molecule has 6 nitrogen and oxygen atoms in total. The highest BCUT2D eigenvalue weighted by Gasteiger charge is 2.44. The number of pyridine rings is 1. The van der Waals surface area contributed by atoms with Gasteiger partial charge >= 0.3 is 0 Å². The molecular formula is C27H23N3O3S. The molecule has 4 aromatic rings. The Balaban J connectivity index is 1.60. The van der Waals surface area contributed by atoms with Crippen molar-refractivity contribution in [1.82, 2.24) is 10.3 Å². The van der Waals surface area contributed by atoms with Crippen molar-refractivity contribution in [1.29, 1.82) is 0 Å². The first-order valence-corrected chi connectivity index (χ1v) is 11.9. The molecule has 34 heavy (non-hydrogen) atoms. The summed E-state index contributed by atoms with van der Waals surface area (Å²) in [5, 5.41) is 7.06. The first-order chi connectivity index (χ1) is 16.7. The molecule has 1 aliphatic heterocycles. The van der Waals surface area contributed by atoms with Gasteiger partial charge in [-0.05, 0) is 76.0 Å². The van der Waals surface area contributed by atoms with Crippen molar-refractivity contribution in [2.75, 3.05) is 12.0 Å². The maximum atomic E-state index is 13.8. The lowest BCUT2D eigenvalue weighted by Crippen LogP contribution is -2.47. The molecular weight excluding hydrogens is 446 g/mol. The SMILES string of the molecule is COc1ccc(N2C(=O)c3ccccc3C(C(=O)NCc3ccncc3)C2c2ccsc2)cc1. The number of thiophene rings is 1. The molecule has 3 heterocycles. The van der Waals surface area contributed by atoms with E-state index in [9.17, 15) is 9.59 Å². The fraction of sp³-hybridized carbons (Fsp3) is 0.148. The number of hydrogen-bond acceptors (Lipinski definition) is 5. The Labute approximate surface area is 201 Å². The zero-order valence-electron chi connectivity index (χ0n) is 18.5. The highest BCUT2D eigenvalue weighted by Crippen LogP contribution is 2.45. The standard InChI is InChI=1S/C27H23N3O3S/c1-33-21-8-6-20(7-9-21)30-25(19-12-15-34-17-19)24(22-4-2-3-5-23(22)27(30)32)26(31)29-16-18-10-13-28-14-11-18/h2-15,17,24-25H,16H2,1H3,(H,29,31). The lowest BCUT2D eigenvalue weighted by atomic mass is 9.79. The van der Waals surface area contributed by atoms with Gasteiger partial charge in [-0.25, -0.2) is 0 Å². The van der Waals surface area contributed by atoms with E-state index in [0.717, 1.165) is 16.7 Å². The Morgan fingerprint density at radius 3 is 2.53 bits per heavy atom. The van der Waals surface area contributed by atoms with E-state index in [1.54, 1.807) is 41.8 Å². The summed E-state index contributed by atoms with van der Waals surface area (Å²) in [7, 11) is 1.61. The number of fused-ring (bicyclic) bond motifs is 1. The first kappa shape index (κ1) is 21.9. The second kappa shape index (κ2) is 9.49. The fourth-order valence-corrected chi connectivity index (χ4v) is 5.12. The first-order valence-electron chi connectivity index (χ1n) is 10.9. The lowest BCUT2D eigenvalue weighted by molar-refractivity contribution is -0.123. The summed E-state index contributed by atoms with van der Waals surface area (Å²) < 4.78 is 5.30. The van der Waals surface area contributed by atoms with Gasteiger partial charge in [-0.1, -0.05) is 18.2 Å². The number of nitrogens with zero attached hydrogens (tertiary/aromatic N) is 2. The molecule has 1 N–H and O–H groups in total. The summed E-state index contributed by atoms with van der Waals surface area (Å²) in [6.45, 7) is 0.382. The number of carbonyl (C=O) groups excluding carboxylic acids is 2. The predicted octanol–water partition coefficient (Wildman–Crippen LogP) is 4.95. The average Bonchev–Trinajstić information content (AvgIpc) is 3.43. The Morgan fingerprint density at radius 1 is 1.06 bits per heavy atom. The molecule has 0 aliphatic carbocycles. The van der Waals surface area contributed by atoms with E-state index >= 15 is 0 Å². The van der Waals surface area contributed by atoms with Crippen LogP contribution in [0.4, 0.5) is 5.69 Å². The maximum absolute atomic E-state index is 13.8. The number of nitrogens with one attached hydrogen (secondary N) is 1. The Morgan fingerprint density at radius 2 is 1.82 bits per heavy atom. The summed E-state index contributed by atoms with van der Waals surface area (Å²) in [6, 6.07) is 20.0. The summed E-state index contributed by atoms with van der Waals surface area (Å²) in [5.74, 6) is -0.138. The molecule has 2 unspecified atom stereocenters. The van der Waals surface area contributed by atoms with Crippen molar-refractivity contribution in [2.24, 2.45) is 0 Å². The molecule has 7 heteroatoms. The van der Waals surface area contributed by atoms with Crippen LogP contribution in [0.3, 0.4) is 0 Å². The summed E-state index contributed by atoms with van der Waals surface area (Å²) in [5.41, 5.74) is 3.87. The van der Waals surface area contributed by atoms with Gasteiger partial charge in [-0.3, -0.25) is 19.5 Å². The quantitative estimate of drug-likeness (QED) is 0.434. The number of anilines is 1. The van der Waals surface area contributed by atoms with Crippen molar-refractivity contribution >= 4 is 28.8 Å². The van der Waals surface area contributed by atoms with Gasteiger partial charge in [0.2, 0.25) is 5.91 Å². The van der Waals surface area contributed by atoms with Crippen LogP contribution in [0.5, 0.6) is 5.75 Å². The van der Waals surface area contributed by atoms with Crippen molar-refractivity contribution < 1.29 is 14.3 Å². The van der Waals surface area contributed by atoms with Crippen LogP contribution in [0.25, 0.3) is 0 Å². The van der Waals surface area contributed by atoms with Gasteiger partial charge in [0, 0.05) is 30.2 Å². The van der Waals surface area contributed by atoms with Gasteiger partial charge in [0.1, 0.15) is 5.75 Å². The highest BCUT2D eigenvalue weighted by molar-refractivity contribution is 7.08. The van der Waals surface area contributed by atoms with Gasteiger partial charge < -0.3 is 10.1 Å². The van der Waals surface area contributed by atoms with E-state index in [2.05, 4.69) is 10.3 Å². The molecule has 0 radical (unpaired) electrons. The molecule has 5 rings (SSSR count). The minimum absolute atomic E-state index is 0.129. The van der Waals surface area contributed by atoms with Crippen molar-refractivity contribution in [3.05, 3.63) is 112 Å². The van der Waals surface area contributed by atoms with Gasteiger partial charge in [0.15, 0.2) is 0 Å². The zero-order chi connectivity index (χ0) is 23.5. The minimum atomic E-state index is -0.576. The number of amides is 2. The van der Waals surface area contributed by atoms with Gasteiger partial charge in [0.25, 0.3) is 5.91 Å². The van der Waals surface area contributed by atoms with Crippen molar-refractivity contribution in [3.63, 3.8) is 0 Å². The fourth-order valence-electron chi connectivity index (χ4n) is 4.43. The van der Waals surface area contributed by atoms with E-state index in [1.165, 1.54) is 0 Å². The van der Waals surface area contributed by atoms with E-state index < -0.39 is 12.0 Å². The van der Waals surface area contributed by atoms with Crippen LogP contribution in [-0.2, 0) is 11.3 Å². The molecule has 2 aromatic heterocycles. The van der Waals surface area contributed by atoms with Crippen LogP contribution in [0.1, 0.15) is 39.0 Å². The molecule has 0 bridgehead atoms. The number of methoxy groups -OCH3 is 1. The molecule has 0 fully saturated rings. The highest BCUT2D eigenvalue weighted by atomic mass is 32.1. The summed E-state index contributed by atoms with van der Waals surface area (Å²) in [6.07, 6.45) is 3.41. The van der Waals surface area contributed by atoms with Crippen molar-refractivity contribution in [3.8, 4) is 5.75 Å². The number of rotatable bonds is 6. The molecule has 0 saturated carbocycles. The molecule has 0 spiro atoms. The number of ether oxygens (including phenoxy) is 1. The Bertz CT molecular complexity index is 1290. The van der Waals surface area contributed by atoms with Crippen LogP contribution in [0, 0.1) is 0 Å². The molecule has 0 saturated heterocycles. The van der Waals surface area contributed by atoms with E-state index in [1.807, 2.05) is 71.4 Å². The summed E-state index contributed by atoms with van der Waals surface area (Å²) in [4.78, 5) is 33.3. The average molecular weight is 470 g/mol. The normalized spacial score (nSPS) is 17.2. The topological polar surface area (TPSA) is 71.5 Å². The molecule has 2 amide bonds. The van der Waals surface area contributed by atoms with Crippen LogP contribution < -0.4 is 15.0 Å². The Hall–Kier alpha value is -3.97. The third kappa shape index (κ3) is 4.06. The minimum Gasteiger partial charge on any atom is -0.497 e. The molecule has 170 valence electrons.